The number of rotatable bonds is 5. The van der Waals surface area contributed by atoms with Gasteiger partial charge in [-0.3, -0.25) is 0 Å². The van der Waals surface area contributed by atoms with Crippen LogP contribution >= 0.6 is 11.3 Å². The maximum atomic E-state index is 2.35. The average Bonchev–Trinajstić information content (AvgIpc) is 3.45. The molecule has 0 spiro atoms. The standard InChI is InChI=1S/C40H27NS/c1-2-14-31(15-3-1)41(32-25-23-29(24-26-32)35-19-9-12-28-11-4-5-17-34(28)35)33-16-8-13-30(27-33)36-20-10-22-39-40(36)37-18-6-7-21-38(37)42-39/h1-27H. The van der Waals surface area contributed by atoms with E-state index in [4.69, 9.17) is 0 Å². The van der Waals surface area contributed by atoms with E-state index in [9.17, 15) is 0 Å². The Morgan fingerprint density at radius 3 is 1.88 bits per heavy atom. The van der Waals surface area contributed by atoms with Gasteiger partial charge in [0, 0.05) is 37.2 Å². The molecule has 0 aliphatic rings. The summed E-state index contributed by atoms with van der Waals surface area (Å²) >= 11 is 1.86. The number of thiophene rings is 1. The van der Waals surface area contributed by atoms with Crippen LogP contribution in [0, 0.1) is 0 Å². The maximum absolute atomic E-state index is 2.35. The second-order valence-corrected chi connectivity index (χ2v) is 11.7. The highest BCUT2D eigenvalue weighted by molar-refractivity contribution is 7.25. The molecule has 0 fully saturated rings. The maximum Gasteiger partial charge on any atom is 0.0467 e. The Kier molecular flexibility index (Phi) is 6.05. The third-order valence-corrected chi connectivity index (χ3v) is 9.19. The van der Waals surface area contributed by atoms with Crippen molar-refractivity contribution in [1.29, 1.82) is 0 Å². The van der Waals surface area contributed by atoms with Crippen molar-refractivity contribution in [3.63, 3.8) is 0 Å². The normalized spacial score (nSPS) is 11.3. The lowest BCUT2D eigenvalue weighted by molar-refractivity contribution is 1.28. The molecule has 0 unspecified atom stereocenters. The summed E-state index contributed by atoms with van der Waals surface area (Å²) in [5, 5.41) is 5.19. The van der Waals surface area contributed by atoms with E-state index in [0.29, 0.717) is 0 Å². The van der Waals surface area contributed by atoms with Crippen LogP contribution in [0.25, 0.3) is 53.2 Å². The molecule has 1 heterocycles. The van der Waals surface area contributed by atoms with Crippen molar-refractivity contribution < 1.29 is 0 Å². The van der Waals surface area contributed by atoms with Gasteiger partial charge in [0.2, 0.25) is 0 Å². The van der Waals surface area contributed by atoms with Crippen LogP contribution in [0.5, 0.6) is 0 Å². The van der Waals surface area contributed by atoms with Crippen LogP contribution in [0.15, 0.2) is 164 Å². The first-order valence-corrected chi connectivity index (χ1v) is 15.1. The van der Waals surface area contributed by atoms with Gasteiger partial charge in [-0.1, -0.05) is 115 Å². The fourth-order valence-electron chi connectivity index (χ4n) is 6.12. The SMILES string of the molecule is c1ccc(N(c2ccc(-c3cccc4ccccc34)cc2)c2cccc(-c3cccc4sc5ccccc5c34)c2)cc1. The Hall–Kier alpha value is -5.18. The van der Waals surface area contributed by atoms with Crippen molar-refractivity contribution in [2.45, 2.75) is 0 Å². The molecule has 7 aromatic carbocycles. The molecule has 198 valence electrons. The smallest absolute Gasteiger partial charge is 0.0467 e. The lowest BCUT2D eigenvalue weighted by Crippen LogP contribution is -2.09. The monoisotopic (exact) mass is 553 g/mol. The quantitative estimate of drug-likeness (QED) is 0.205. The van der Waals surface area contributed by atoms with Crippen molar-refractivity contribution in [2.24, 2.45) is 0 Å². The molecule has 42 heavy (non-hydrogen) atoms. The molecule has 0 bridgehead atoms. The summed E-state index contributed by atoms with van der Waals surface area (Å²) in [6.45, 7) is 0. The Morgan fingerprint density at radius 1 is 0.381 bits per heavy atom. The Balaban J connectivity index is 1.25. The molecule has 0 saturated heterocycles. The molecule has 0 saturated carbocycles. The van der Waals surface area contributed by atoms with Gasteiger partial charge in [0.15, 0.2) is 0 Å². The highest BCUT2D eigenvalue weighted by Gasteiger charge is 2.16. The zero-order chi connectivity index (χ0) is 27.9. The summed E-state index contributed by atoms with van der Waals surface area (Å²) in [6.07, 6.45) is 0. The molecule has 0 radical (unpaired) electrons. The number of anilines is 3. The van der Waals surface area contributed by atoms with Crippen molar-refractivity contribution in [1.82, 2.24) is 0 Å². The molecule has 1 nitrogen and oxygen atoms in total. The molecule has 1 aromatic heterocycles. The molecule has 8 rings (SSSR count). The number of nitrogens with zero attached hydrogens (tertiary/aromatic N) is 1. The fourth-order valence-corrected chi connectivity index (χ4v) is 7.25. The van der Waals surface area contributed by atoms with Crippen LogP contribution in [-0.2, 0) is 0 Å². The van der Waals surface area contributed by atoms with Gasteiger partial charge in [-0.15, -0.1) is 11.3 Å². The van der Waals surface area contributed by atoms with Gasteiger partial charge in [0.1, 0.15) is 0 Å². The molecule has 0 N–H and O–H groups in total. The molecular formula is C40H27NS. The summed E-state index contributed by atoms with van der Waals surface area (Å²) < 4.78 is 2.65. The van der Waals surface area contributed by atoms with Gasteiger partial charge in [-0.2, -0.15) is 0 Å². The van der Waals surface area contributed by atoms with Crippen molar-refractivity contribution >= 4 is 59.3 Å². The fraction of sp³-hybridized carbons (Fsp3) is 0. The molecule has 0 aliphatic carbocycles. The van der Waals surface area contributed by atoms with E-state index in [0.717, 1.165) is 17.1 Å². The largest absolute Gasteiger partial charge is 0.310 e. The van der Waals surface area contributed by atoms with Gasteiger partial charge < -0.3 is 4.90 Å². The van der Waals surface area contributed by atoms with Crippen LogP contribution in [0.3, 0.4) is 0 Å². The Bertz CT molecular complexity index is 2190. The van der Waals surface area contributed by atoms with E-state index < -0.39 is 0 Å². The molecule has 0 amide bonds. The minimum atomic E-state index is 1.13. The van der Waals surface area contributed by atoms with Crippen LogP contribution in [0.4, 0.5) is 17.1 Å². The van der Waals surface area contributed by atoms with E-state index in [-0.39, 0.29) is 0 Å². The van der Waals surface area contributed by atoms with E-state index in [2.05, 4.69) is 169 Å². The third-order valence-electron chi connectivity index (χ3n) is 8.06. The second kappa shape index (κ2) is 10.3. The van der Waals surface area contributed by atoms with E-state index in [1.165, 1.54) is 53.2 Å². The number of para-hydroxylation sites is 1. The number of fused-ring (bicyclic) bond motifs is 4. The number of hydrogen-bond donors (Lipinski definition) is 0. The highest BCUT2D eigenvalue weighted by atomic mass is 32.1. The first-order chi connectivity index (χ1) is 20.8. The minimum Gasteiger partial charge on any atom is -0.310 e. The molecule has 0 aliphatic heterocycles. The van der Waals surface area contributed by atoms with Gasteiger partial charge >= 0.3 is 0 Å². The Labute approximate surface area is 249 Å². The van der Waals surface area contributed by atoms with Crippen LogP contribution in [-0.4, -0.2) is 0 Å². The highest BCUT2D eigenvalue weighted by Crippen LogP contribution is 2.42. The zero-order valence-corrected chi connectivity index (χ0v) is 23.8. The summed E-state index contributed by atoms with van der Waals surface area (Å²) in [6, 6.07) is 59.1. The Morgan fingerprint density at radius 2 is 1.00 bits per heavy atom. The van der Waals surface area contributed by atoms with Crippen molar-refractivity contribution in [3.05, 3.63) is 164 Å². The number of hydrogen-bond acceptors (Lipinski definition) is 2. The molecule has 0 atom stereocenters. The van der Waals surface area contributed by atoms with Crippen LogP contribution in [0.2, 0.25) is 0 Å². The van der Waals surface area contributed by atoms with Crippen molar-refractivity contribution in [2.75, 3.05) is 4.90 Å². The van der Waals surface area contributed by atoms with E-state index in [1.807, 2.05) is 11.3 Å². The van der Waals surface area contributed by atoms with Gasteiger partial charge in [-0.25, -0.2) is 0 Å². The first kappa shape index (κ1) is 24.6. The summed E-state index contributed by atoms with van der Waals surface area (Å²) in [7, 11) is 0. The third kappa shape index (κ3) is 4.25. The van der Waals surface area contributed by atoms with E-state index in [1.54, 1.807) is 0 Å². The van der Waals surface area contributed by atoms with Gasteiger partial charge in [0.25, 0.3) is 0 Å². The average molecular weight is 554 g/mol. The van der Waals surface area contributed by atoms with E-state index >= 15 is 0 Å². The summed E-state index contributed by atoms with van der Waals surface area (Å²) in [5.74, 6) is 0. The molecule has 8 aromatic rings. The van der Waals surface area contributed by atoms with Crippen molar-refractivity contribution in [3.8, 4) is 22.3 Å². The van der Waals surface area contributed by atoms with Gasteiger partial charge in [-0.05, 0) is 81.6 Å². The lowest BCUT2D eigenvalue weighted by atomic mass is 9.97. The number of benzene rings is 7. The minimum absolute atomic E-state index is 1.13. The summed E-state index contributed by atoms with van der Waals surface area (Å²) in [5.41, 5.74) is 8.35. The molecule has 2 heteroatoms. The lowest BCUT2D eigenvalue weighted by Gasteiger charge is -2.26. The zero-order valence-electron chi connectivity index (χ0n) is 22.9. The second-order valence-electron chi connectivity index (χ2n) is 10.6. The van der Waals surface area contributed by atoms with Crippen LogP contribution < -0.4 is 4.90 Å². The first-order valence-electron chi connectivity index (χ1n) is 14.3. The topological polar surface area (TPSA) is 3.24 Å². The summed E-state index contributed by atoms with van der Waals surface area (Å²) in [4.78, 5) is 2.35. The molecular weight excluding hydrogens is 527 g/mol. The predicted molar refractivity (Wildman–Crippen MR) is 182 cm³/mol. The van der Waals surface area contributed by atoms with Gasteiger partial charge in [0.05, 0.1) is 0 Å². The van der Waals surface area contributed by atoms with Crippen LogP contribution in [0.1, 0.15) is 0 Å². The predicted octanol–water partition coefficient (Wildman–Crippen LogP) is 12.0.